The van der Waals surface area contributed by atoms with Crippen molar-refractivity contribution in [3.63, 3.8) is 0 Å². The Morgan fingerprint density at radius 3 is 2.59 bits per heavy atom. The molecule has 0 unspecified atom stereocenters. The topological polar surface area (TPSA) is 86.1 Å². The van der Waals surface area contributed by atoms with E-state index in [1.807, 2.05) is 48.5 Å². The number of nitrogens with zero attached hydrogens (tertiary/aromatic N) is 3. The van der Waals surface area contributed by atoms with Gasteiger partial charge in [-0.3, -0.25) is 5.10 Å². The van der Waals surface area contributed by atoms with Gasteiger partial charge in [0.05, 0.1) is 19.9 Å². The molecule has 0 saturated carbocycles. The molecule has 0 bridgehead atoms. The fraction of sp³-hybridized carbons (Fsp3) is 0.136. The van der Waals surface area contributed by atoms with Crippen molar-refractivity contribution in [2.45, 2.75) is 6.42 Å². The first kappa shape index (κ1) is 17.2. The molecule has 7 heteroatoms. The molecule has 1 aliphatic rings. The largest absolute Gasteiger partial charge is 0.493 e. The van der Waals surface area contributed by atoms with E-state index < -0.39 is 0 Å². The molecule has 0 amide bonds. The highest BCUT2D eigenvalue weighted by Gasteiger charge is 2.29. The number of hydrogen-bond donors (Lipinski definition) is 1. The third kappa shape index (κ3) is 2.97. The summed E-state index contributed by atoms with van der Waals surface area (Å²) in [6.45, 7) is 0. The highest BCUT2D eigenvalue weighted by Crippen LogP contribution is 2.44. The van der Waals surface area contributed by atoms with Crippen LogP contribution in [0.1, 0.15) is 22.6 Å². The molecule has 1 aliphatic carbocycles. The fourth-order valence-electron chi connectivity index (χ4n) is 3.55. The smallest absolute Gasteiger partial charge is 0.266 e. The van der Waals surface area contributed by atoms with Crippen molar-refractivity contribution < 1.29 is 13.9 Å². The lowest BCUT2D eigenvalue weighted by Crippen LogP contribution is -1.93. The van der Waals surface area contributed by atoms with Crippen LogP contribution in [0.4, 0.5) is 0 Å². The first-order valence-electron chi connectivity index (χ1n) is 9.16. The zero-order chi connectivity index (χ0) is 19.8. The molecule has 0 atom stereocenters. The van der Waals surface area contributed by atoms with E-state index in [0.29, 0.717) is 29.7 Å². The Hall–Kier alpha value is -3.87. The summed E-state index contributed by atoms with van der Waals surface area (Å²) in [7, 11) is 3.26. The molecule has 0 aliphatic heterocycles. The van der Waals surface area contributed by atoms with Crippen LogP contribution in [-0.4, -0.2) is 34.6 Å². The quantitative estimate of drug-likeness (QED) is 0.487. The Morgan fingerprint density at radius 2 is 1.79 bits per heavy atom. The number of methoxy groups -OCH3 is 2. The molecule has 1 N–H and O–H groups in total. The third-order valence-electron chi connectivity index (χ3n) is 4.97. The minimum Gasteiger partial charge on any atom is -0.493 e. The lowest BCUT2D eigenvalue weighted by atomic mass is 10.1. The van der Waals surface area contributed by atoms with Crippen molar-refractivity contribution in [2.75, 3.05) is 14.2 Å². The summed E-state index contributed by atoms with van der Waals surface area (Å²) in [5.41, 5.74) is 5.84. The monoisotopic (exact) mass is 386 g/mol. The van der Waals surface area contributed by atoms with Gasteiger partial charge in [-0.1, -0.05) is 30.3 Å². The summed E-state index contributed by atoms with van der Waals surface area (Å²) in [4.78, 5) is 0. The third-order valence-corrected chi connectivity index (χ3v) is 4.97. The van der Waals surface area contributed by atoms with E-state index in [1.165, 1.54) is 0 Å². The van der Waals surface area contributed by atoms with E-state index in [0.717, 1.165) is 33.6 Å². The minimum atomic E-state index is 0.415. The number of H-pyrrole nitrogens is 1. The van der Waals surface area contributed by atoms with Crippen LogP contribution in [0.15, 0.2) is 46.9 Å². The van der Waals surface area contributed by atoms with Crippen molar-refractivity contribution in [3.8, 4) is 34.3 Å². The number of rotatable bonds is 5. The van der Waals surface area contributed by atoms with Crippen LogP contribution in [0.3, 0.4) is 0 Å². The average molecular weight is 386 g/mol. The zero-order valence-corrected chi connectivity index (χ0v) is 16.0. The number of ether oxygens (including phenoxy) is 2. The number of aromatic amines is 1. The molecule has 7 nitrogen and oxygen atoms in total. The van der Waals surface area contributed by atoms with Crippen LogP contribution >= 0.6 is 0 Å². The van der Waals surface area contributed by atoms with Crippen molar-refractivity contribution in [1.82, 2.24) is 20.4 Å². The van der Waals surface area contributed by atoms with Gasteiger partial charge in [-0.05, 0) is 29.3 Å². The lowest BCUT2D eigenvalue weighted by Gasteiger charge is -2.09. The van der Waals surface area contributed by atoms with Crippen LogP contribution in [0.2, 0.25) is 0 Å². The number of aromatic nitrogens is 4. The molecular weight excluding hydrogens is 368 g/mol. The second-order valence-corrected chi connectivity index (χ2v) is 6.66. The normalized spacial score (nSPS) is 12.2. The molecule has 144 valence electrons. The summed E-state index contributed by atoms with van der Waals surface area (Å²) in [5.74, 6) is 2.23. The highest BCUT2D eigenvalue weighted by molar-refractivity contribution is 5.81. The molecule has 4 aromatic rings. The van der Waals surface area contributed by atoms with Crippen LogP contribution in [0.5, 0.6) is 11.5 Å². The van der Waals surface area contributed by atoms with Crippen molar-refractivity contribution in [3.05, 3.63) is 65.0 Å². The molecule has 0 fully saturated rings. The second-order valence-electron chi connectivity index (χ2n) is 6.66. The molecule has 2 aromatic carbocycles. The van der Waals surface area contributed by atoms with Gasteiger partial charge in [0, 0.05) is 23.6 Å². The van der Waals surface area contributed by atoms with Crippen molar-refractivity contribution in [1.29, 1.82) is 0 Å². The zero-order valence-electron chi connectivity index (χ0n) is 16.0. The van der Waals surface area contributed by atoms with E-state index in [1.54, 1.807) is 20.3 Å². The van der Waals surface area contributed by atoms with E-state index >= 15 is 0 Å². The van der Waals surface area contributed by atoms with Gasteiger partial charge in [-0.15, -0.1) is 10.2 Å². The first-order valence-corrected chi connectivity index (χ1v) is 9.16. The van der Waals surface area contributed by atoms with Gasteiger partial charge >= 0.3 is 0 Å². The molecule has 29 heavy (non-hydrogen) atoms. The molecule has 2 heterocycles. The summed E-state index contributed by atoms with van der Waals surface area (Å²) in [6, 6.07) is 13.9. The maximum atomic E-state index is 5.83. The highest BCUT2D eigenvalue weighted by atomic mass is 16.5. The van der Waals surface area contributed by atoms with Gasteiger partial charge in [0.15, 0.2) is 11.5 Å². The maximum Gasteiger partial charge on any atom is 0.266 e. The standard InChI is InChI=1S/C22H18N4O3/c1-27-17-11-14-10-16-20(15(14)12-18(17)28-2)24-25-21(16)22-26-23-19(29-22)9-8-13-6-4-3-5-7-13/h3-9,11-12H,10H2,1-2H3,(H,24,25)/b9-8+. The number of nitrogens with one attached hydrogen (secondary N) is 1. The average Bonchev–Trinajstić information content (AvgIpc) is 3.47. The van der Waals surface area contributed by atoms with Crippen LogP contribution in [0.25, 0.3) is 35.0 Å². The Balaban J connectivity index is 1.46. The fourth-order valence-corrected chi connectivity index (χ4v) is 3.55. The molecule has 5 rings (SSSR count). The number of fused-ring (bicyclic) bond motifs is 3. The Morgan fingerprint density at radius 1 is 1.00 bits per heavy atom. The molecule has 0 saturated heterocycles. The second kappa shape index (κ2) is 6.94. The van der Waals surface area contributed by atoms with E-state index in [9.17, 15) is 0 Å². The Bertz CT molecular complexity index is 1210. The van der Waals surface area contributed by atoms with Crippen molar-refractivity contribution in [2.24, 2.45) is 0 Å². The van der Waals surface area contributed by atoms with Gasteiger partial charge in [-0.25, -0.2) is 0 Å². The van der Waals surface area contributed by atoms with Gasteiger partial charge in [0.1, 0.15) is 5.69 Å². The first-order chi connectivity index (χ1) is 14.3. The van der Waals surface area contributed by atoms with E-state index in [4.69, 9.17) is 13.9 Å². The van der Waals surface area contributed by atoms with Crippen LogP contribution in [0, 0.1) is 0 Å². The molecule has 2 aromatic heterocycles. The van der Waals surface area contributed by atoms with Crippen molar-refractivity contribution >= 4 is 12.2 Å². The minimum absolute atomic E-state index is 0.415. The van der Waals surface area contributed by atoms with E-state index in [-0.39, 0.29) is 0 Å². The van der Waals surface area contributed by atoms with Crippen LogP contribution in [-0.2, 0) is 6.42 Å². The predicted octanol–water partition coefficient (Wildman–Crippen LogP) is 4.22. The molecule has 0 spiro atoms. The molecular formula is C22H18N4O3. The Kier molecular flexibility index (Phi) is 4.13. The number of hydrogen-bond acceptors (Lipinski definition) is 6. The van der Waals surface area contributed by atoms with Gasteiger partial charge in [0.2, 0.25) is 5.89 Å². The van der Waals surface area contributed by atoms with Gasteiger partial charge in [-0.2, -0.15) is 5.10 Å². The molecule has 0 radical (unpaired) electrons. The summed E-state index contributed by atoms with van der Waals surface area (Å²) >= 11 is 0. The summed E-state index contributed by atoms with van der Waals surface area (Å²) in [5, 5.41) is 15.8. The summed E-state index contributed by atoms with van der Waals surface area (Å²) < 4.78 is 16.7. The van der Waals surface area contributed by atoms with Gasteiger partial charge in [0.25, 0.3) is 5.89 Å². The van der Waals surface area contributed by atoms with Crippen LogP contribution < -0.4 is 9.47 Å². The maximum absolute atomic E-state index is 5.83. The Labute approximate surface area is 167 Å². The number of benzene rings is 2. The predicted molar refractivity (Wildman–Crippen MR) is 109 cm³/mol. The lowest BCUT2D eigenvalue weighted by molar-refractivity contribution is 0.355. The SMILES string of the molecule is COc1cc2c(cc1OC)-c1n[nH]c(-c3nnc(/C=C/c4ccccc4)o3)c1C2. The summed E-state index contributed by atoms with van der Waals surface area (Å²) in [6.07, 6.45) is 4.43. The van der Waals surface area contributed by atoms with E-state index in [2.05, 4.69) is 20.4 Å². The van der Waals surface area contributed by atoms with Gasteiger partial charge < -0.3 is 13.9 Å².